The fourth-order valence-electron chi connectivity index (χ4n) is 2.62. The molecule has 2 heterocycles. The summed E-state index contributed by atoms with van der Waals surface area (Å²) < 4.78 is 47.9. The number of carbonyl (C=O) groups is 1. The second kappa shape index (κ2) is 8.76. The molecule has 30 heavy (non-hydrogen) atoms. The van der Waals surface area contributed by atoms with Gasteiger partial charge in [-0.2, -0.15) is 13.2 Å². The van der Waals surface area contributed by atoms with Crippen LogP contribution in [0.25, 0.3) is 11.4 Å². The zero-order valence-electron chi connectivity index (χ0n) is 15.7. The first-order chi connectivity index (χ1) is 14.3. The molecule has 0 saturated carbocycles. The molecule has 0 amide bonds. The minimum absolute atomic E-state index is 0.0965. The number of halogens is 3. The van der Waals surface area contributed by atoms with Crippen molar-refractivity contribution in [1.82, 2.24) is 14.5 Å². The number of rotatable bonds is 6. The van der Waals surface area contributed by atoms with Crippen molar-refractivity contribution in [1.29, 1.82) is 0 Å². The van der Waals surface area contributed by atoms with E-state index in [4.69, 9.17) is 0 Å². The minimum Gasteiger partial charge on any atom is -0.477 e. The Morgan fingerprint density at radius 3 is 2.40 bits per heavy atom. The van der Waals surface area contributed by atoms with E-state index in [1.165, 1.54) is 30.0 Å². The number of carbonyl (C=O) groups excluding carboxylic acids is 1. The van der Waals surface area contributed by atoms with Crippen LogP contribution in [-0.4, -0.2) is 40.4 Å². The first kappa shape index (κ1) is 21.0. The van der Waals surface area contributed by atoms with E-state index in [-0.39, 0.29) is 17.9 Å². The summed E-state index contributed by atoms with van der Waals surface area (Å²) in [5.74, 6) is -0.864. The van der Waals surface area contributed by atoms with Gasteiger partial charge in [-0.15, -0.1) is 0 Å². The highest BCUT2D eigenvalue weighted by Crippen LogP contribution is 2.20. The average molecular weight is 419 g/mol. The molecule has 3 rings (SSSR count). The van der Waals surface area contributed by atoms with Crippen molar-refractivity contribution in [2.24, 2.45) is 0 Å². The Kier molecular flexibility index (Phi) is 6.14. The van der Waals surface area contributed by atoms with Crippen molar-refractivity contribution in [3.63, 3.8) is 0 Å². The summed E-state index contributed by atoms with van der Waals surface area (Å²) in [5, 5.41) is 0. The maximum Gasteiger partial charge on any atom is 0.422 e. The molecule has 0 aliphatic carbocycles. The molecular formula is C20H16F3N3O4. The SMILES string of the molecule is COC(=O)c1ccc(Cn2c(-c3ccccc3)ncc(OCC(F)(F)F)c2=O)nc1. The number of methoxy groups -OCH3 is 1. The third kappa shape index (κ3) is 5.02. The topological polar surface area (TPSA) is 83.3 Å². The quantitative estimate of drug-likeness (QED) is 0.571. The van der Waals surface area contributed by atoms with Crippen LogP contribution in [0.15, 0.2) is 59.7 Å². The normalized spacial score (nSPS) is 11.2. The van der Waals surface area contributed by atoms with E-state index in [1.807, 2.05) is 0 Å². The van der Waals surface area contributed by atoms with Crippen LogP contribution in [-0.2, 0) is 11.3 Å². The van der Waals surface area contributed by atoms with E-state index in [0.717, 1.165) is 6.20 Å². The summed E-state index contributed by atoms with van der Waals surface area (Å²) >= 11 is 0. The zero-order valence-corrected chi connectivity index (χ0v) is 15.7. The molecule has 156 valence electrons. The monoisotopic (exact) mass is 419 g/mol. The van der Waals surface area contributed by atoms with Crippen molar-refractivity contribution in [3.05, 3.63) is 76.5 Å². The molecule has 0 saturated heterocycles. The van der Waals surface area contributed by atoms with E-state index in [0.29, 0.717) is 11.3 Å². The predicted octanol–water partition coefficient (Wildman–Crippen LogP) is 3.08. The van der Waals surface area contributed by atoms with Gasteiger partial charge in [-0.05, 0) is 12.1 Å². The zero-order chi connectivity index (χ0) is 21.7. The Morgan fingerprint density at radius 1 is 1.07 bits per heavy atom. The summed E-state index contributed by atoms with van der Waals surface area (Å²) in [4.78, 5) is 32.6. The van der Waals surface area contributed by atoms with E-state index in [9.17, 15) is 22.8 Å². The molecule has 0 aliphatic heterocycles. The number of aromatic nitrogens is 3. The van der Waals surface area contributed by atoms with Crippen molar-refractivity contribution in [3.8, 4) is 17.1 Å². The molecule has 3 aromatic rings. The molecule has 0 atom stereocenters. The number of pyridine rings is 1. The third-order valence-electron chi connectivity index (χ3n) is 4.00. The summed E-state index contributed by atoms with van der Waals surface area (Å²) in [6.45, 7) is -1.71. The van der Waals surface area contributed by atoms with Crippen molar-refractivity contribution < 1.29 is 27.4 Å². The van der Waals surface area contributed by atoms with Gasteiger partial charge < -0.3 is 9.47 Å². The van der Waals surface area contributed by atoms with Gasteiger partial charge in [0.1, 0.15) is 5.82 Å². The molecule has 0 aliphatic rings. The molecular weight excluding hydrogens is 403 g/mol. The van der Waals surface area contributed by atoms with Crippen LogP contribution in [0.1, 0.15) is 16.1 Å². The number of ether oxygens (including phenoxy) is 2. The van der Waals surface area contributed by atoms with Crippen LogP contribution in [0.3, 0.4) is 0 Å². The Balaban J connectivity index is 2.00. The van der Waals surface area contributed by atoms with Gasteiger partial charge in [-0.25, -0.2) is 9.78 Å². The Bertz CT molecular complexity index is 1080. The van der Waals surface area contributed by atoms with Crippen LogP contribution in [0.2, 0.25) is 0 Å². The lowest BCUT2D eigenvalue weighted by Gasteiger charge is -2.15. The summed E-state index contributed by atoms with van der Waals surface area (Å²) in [6.07, 6.45) is -2.34. The summed E-state index contributed by atoms with van der Waals surface area (Å²) in [5.41, 5.74) is 0.407. The number of hydrogen-bond donors (Lipinski definition) is 0. The Labute approximate surface area is 168 Å². The van der Waals surface area contributed by atoms with Crippen LogP contribution in [0.5, 0.6) is 5.75 Å². The molecule has 2 aromatic heterocycles. The second-order valence-corrected chi connectivity index (χ2v) is 6.14. The predicted molar refractivity (Wildman–Crippen MR) is 100 cm³/mol. The van der Waals surface area contributed by atoms with Gasteiger partial charge in [-0.3, -0.25) is 14.3 Å². The van der Waals surface area contributed by atoms with Crippen LogP contribution in [0, 0.1) is 0 Å². The summed E-state index contributed by atoms with van der Waals surface area (Å²) in [7, 11) is 1.24. The first-order valence-corrected chi connectivity index (χ1v) is 8.66. The van der Waals surface area contributed by atoms with Gasteiger partial charge in [-0.1, -0.05) is 30.3 Å². The van der Waals surface area contributed by atoms with Gasteiger partial charge in [0, 0.05) is 11.8 Å². The number of benzene rings is 1. The maximum atomic E-state index is 12.8. The smallest absolute Gasteiger partial charge is 0.422 e. The largest absolute Gasteiger partial charge is 0.477 e. The van der Waals surface area contributed by atoms with Crippen LogP contribution < -0.4 is 10.3 Å². The molecule has 0 radical (unpaired) electrons. The van der Waals surface area contributed by atoms with E-state index in [2.05, 4.69) is 19.4 Å². The Hall–Kier alpha value is -3.69. The highest BCUT2D eigenvalue weighted by Gasteiger charge is 2.29. The van der Waals surface area contributed by atoms with Gasteiger partial charge in [0.15, 0.2) is 6.61 Å². The molecule has 0 spiro atoms. The number of esters is 1. The summed E-state index contributed by atoms with van der Waals surface area (Å²) in [6, 6.07) is 11.7. The lowest BCUT2D eigenvalue weighted by molar-refractivity contribution is -0.153. The lowest BCUT2D eigenvalue weighted by atomic mass is 10.2. The van der Waals surface area contributed by atoms with Crippen molar-refractivity contribution >= 4 is 5.97 Å². The highest BCUT2D eigenvalue weighted by molar-refractivity contribution is 5.88. The molecule has 1 aromatic carbocycles. The molecule has 0 bridgehead atoms. The van der Waals surface area contributed by atoms with E-state index >= 15 is 0 Å². The van der Waals surface area contributed by atoms with Crippen molar-refractivity contribution in [2.45, 2.75) is 12.7 Å². The standard InChI is InChI=1S/C20H16F3N3O4/c1-29-19(28)14-7-8-15(24-9-14)11-26-17(13-5-3-2-4-6-13)25-10-16(18(26)27)30-12-20(21,22)23/h2-10H,11-12H2,1H3. The second-order valence-electron chi connectivity index (χ2n) is 6.14. The van der Waals surface area contributed by atoms with Crippen molar-refractivity contribution in [2.75, 3.05) is 13.7 Å². The lowest BCUT2D eigenvalue weighted by Crippen LogP contribution is -2.28. The molecule has 0 N–H and O–H groups in total. The minimum atomic E-state index is -4.60. The molecule has 7 nitrogen and oxygen atoms in total. The van der Waals surface area contributed by atoms with Gasteiger partial charge >= 0.3 is 12.1 Å². The van der Waals surface area contributed by atoms with Gasteiger partial charge in [0.05, 0.1) is 31.1 Å². The first-order valence-electron chi connectivity index (χ1n) is 8.66. The third-order valence-corrected chi connectivity index (χ3v) is 4.00. The van der Waals surface area contributed by atoms with Gasteiger partial charge in [0.2, 0.25) is 5.75 Å². The van der Waals surface area contributed by atoms with Crippen LogP contribution in [0.4, 0.5) is 13.2 Å². The maximum absolute atomic E-state index is 12.8. The highest BCUT2D eigenvalue weighted by atomic mass is 19.4. The average Bonchev–Trinajstić information content (AvgIpc) is 2.74. The molecule has 0 unspecified atom stereocenters. The van der Waals surface area contributed by atoms with E-state index in [1.54, 1.807) is 30.3 Å². The Morgan fingerprint density at radius 2 is 1.80 bits per heavy atom. The fraction of sp³-hybridized carbons (Fsp3) is 0.200. The fourth-order valence-corrected chi connectivity index (χ4v) is 2.62. The van der Waals surface area contributed by atoms with Gasteiger partial charge in [0.25, 0.3) is 5.56 Å². The van der Waals surface area contributed by atoms with Crippen LogP contribution >= 0.6 is 0 Å². The van der Waals surface area contributed by atoms with E-state index < -0.39 is 30.1 Å². The number of nitrogens with zero attached hydrogens (tertiary/aromatic N) is 3. The molecule has 10 heteroatoms. The number of alkyl halides is 3. The molecule has 0 fully saturated rings. The number of hydrogen-bond acceptors (Lipinski definition) is 6.